The van der Waals surface area contributed by atoms with E-state index in [1.54, 1.807) is 0 Å². The molecule has 0 amide bonds. The fraction of sp³-hybridized carbons (Fsp3) is 1.00. The first-order valence-corrected chi connectivity index (χ1v) is 5.00. The smallest absolute Gasteiger partial charge is 0.0631 e. The van der Waals surface area contributed by atoms with Crippen molar-refractivity contribution < 1.29 is 4.74 Å². The van der Waals surface area contributed by atoms with Gasteiger partial charge in [0.25, 0.3) is 0 Å². The van der Waals surface area contributed by atoms with Gasteiger partial charge in [-0.1, -0.05) is 20.8 Å². The van der Waals surface area contributed by atoms with E-state index in [9.17, 15) is 0 Å². The molecule has 72 valence electrons. The van der Waals surface area contributed by atoms with Crippen LogP contribution in [0.4, 0.5) is 0 Å². The fourth-order valence-corrected chi connectivity index (χ4v) is 2.17. The van der Waals surface area contributed by atoms with E-state index in [1.165, 1.54) is 12.8 Å². The highest BCUT2D eigenvalue weighted by atomic mass is 16.5. The average molecular weight is 170 g/mol. The Kier molecular flexibility index (Phi) is 2.53. The van der Waals surface area contributed by atoms with Crippen LogP contribution in [0.2, 0.25) is 0 Å². The molecule has 12 heavy (non-hydrogen) atoms. The Bertz CT molecular complexity index is 160. The summed E-state index contributed by atoms with van der Waals surface area (Å²) in [5.41, 5.74) is 0.582. The molecule has 1 heterocycles. The molecular weight excluding hydrogens is 148 g/mol. The van der Waals surface area contributed by atoms with Crippen molar-refractivity contribution in [2.75, 3.05) is 6.61 Å². The Morgan fingerprint density at radius 2 is 1.75 bits per heavy atom. The third-order valence-electron chi connectivity index (χ3n) is 3.39. The van der Waals surface area contributed by atoms with E-state index in [-0.39, 0.29) is 5.60 Å². The molecule has 0 aliphatic carbocycles. The Morgan fingerprint density at radius 1 is 1.17 bits per heavy atom. The summed E-state index contributed by atoms with van der Waals surface area (Å²) in [6, 6.07) is 0. The van der Waals surface area contributed by atoms with E-state index in [4.69, 9.17) is 4.74 Å². The first kappa shape index (κ1) is 10.0. The molecule has 0 bridgehead atoms. The summed E-state index contributed by atoms with van der Waals surface area (Å²) < 4.78 is 5.71. The van der Waals surface area contributed by atoms with Gasteiger partial charge in [-0.05, 0) is 38.0 Å². The molecule has 0 aromatic rings. The zero-order chi connectivity index (χ0) is 9.41. The van der Waals surface area contributed by atoms with Gasteiger partial charge in [0.05, 0.1) is 5.60 Å². The van der Waals surface area contributed by atoms with Gasteiger partial charge in [-0.3, -0.25) is 0 Å². The molecule has 1 heteroatoms. The molecule has 0 saturated carbocycles. The molecule has 0 radical (unpaired) electrons. The predicted molar refractivity (Wildman–Crippen MR) is 52.2 cm³/mol. The van der Waals surface area contributed by atoms with Crippen LogP contribution >= 0.6 is 0 Å². The minimum absolute atomic E-state index is 0.0945. The lowest BCUT2D eigenvalue weighted by Gasteiger charge is -2.45. The summed E-state index contributed by atoms with van der Waals surface area (Å²) in [5, 5.41) is 0. The third kappa shape index (κ3) is 2.01. The van der Waals surface area contributed by atoms with Crippen LogP contribution in [-0.2, 0) is 4.74 Å². The first-order chi connectivity index (χ1) is 5.36. The van der Waals surface area contributed by atoms with Gasteiger partial charge < -0.3 is 4.74 Å². The molecule has 1 rings (SSSR count). The van der Waals surface area contributed by atoms with Gasteiger partial charge in [0, 0.05) is 6.61 Å². The van der Waals surface area contributed by atoms with Crippen LogP contribution in [0, 0.1) is 11.3 Å². The van der Waals surface area contributed by atoms with Crippen molar-refractivity contribution in [3.63, 3.8) is 0 Å². The summed E-state index contributed by atoms with van der Waals surface area (Å²) in [7, 11) is 0. The van der Waals surface area contributed by atoms with E-state index in [0.29, 0.717) is 5.41 Å². The molecule has 0 aromatic heterocycles. The topological polar surface area (TPSA) is 9.23 Å². The lowest BCUT2D eigenvalue weighted by molar-refractivity contribution is -0.112. The number of hydrogen-bond acceptors (Lipinski definition) is 1. The maximum atomic E-state index is 5.71. The lowest BCUT2D eigenvalue weighted by atomic mass is 9.68. The Hall–Kier alpha value is -0.0400. The van der Waals surface area contributed by atoms with Crippen molar-refractivity contribution >= 4 is 0 Å². The minimum Gasteiger partial charge on any atom is -0.376 e. The maximum Gasteiger partial charge on any atom is 0.0631 e. The standard InChI is InChI=1S/C11H22O/c1-9(2)11(5)6-7-12-10(3,4)8-11/h9H,6-8H2,1-5H3. The second-order valence-electron chi connectivity index (χ2n) is 5.34. The van der Waals surface area contributed by atoms with E-state index < -0.39 is 0 Å². The van der Waals surface area contributed by atoms with Crippen molar-refractivity contribution in [2.24, 2.45) is 11.3 Å². The largest absolute Gasteiger partial charge is 0.376 e. The van der Waals surface area contributed by atoms with E-state index >= 15 is 0 Å². The van der Waals surface area contributed by atoms with Crippen LogP contribution in [0.25, 0.3) is 0 Å². The highest BCUT2D eigenvalue weighted by molar-refractivity contribution is 4.88. The fourth-order valence-electron chi connectivity index (χ4n) is 2.17. The molecular formula is C11H22O. The summed E-state index contributed by atoms with van der Waals surface area (Å²) in [4.78, 5) is 0. The van der Waals surface area contributed by atoms with Gasteiger partial charge in [0.2, 0.25) is 0 Å². The van der Waals surface area contributed by atoms with Crippen LogP contribution in [0.5, 0.6) is 0 Å². The Labute approximate surface area is 76.5 Å². The van der Waals surface area contributed by atoms with Crippen molar-refractivity contribution in [3.8, 4) is 0 Å². The van der Waals surface area contributed by atoms with Crippen LogP contribution < -0.4 is 0 Å². The van der Waals surface area contributed by atoms with Crippen LogP contribution in [0.15, 0.2) is 0 Å². The SMILES string of the molecule is CC(C)C1(C)CCOC(C)(C)C1. The molecule has 1 fully saturated rings. The molecule has 1 unspecified atom stereocenters. The van der Waals surface area contributed by atoms with Crippen molar-refractivity contribution in [1.29, 1.82) is 0 Å². The lowest BCUT2D eigenvalue weighted by Crippen LogP contribution is -2.42. The first-order valence-electron chi connectivity index (χ1n) is 5.00. The molecule has 1 nitrogen and oxygen atoms in total. The molecule has 0 spiro atoms. The highest BCUT2D eigenvalue weighted by Crippen LogP contribution is 2.43. The van der Waals surface area contributed by atoms with E-state index in [0.717, 1.165) is 12.5 Å². The normalized spacial score (nSPS) is 35.5. The van der Waals surface area contributed by atoms with Crippen LogP contribution in [0.1, 0.15) is 47.5 Å². The van der Waals surface area contributed by atoms with Gasteiger partial charge in [0.15, 0.2) is 0 Å². The number of ether oxygens (including phenoxy) is 1. The zero-order valence-corrected chi connectivity index (χ0v) is 9.11. The molecule has 0 aromatic carbocycles. The Balaban J connectivity index is 2.68. The van der Waals surface area contributed by atoms with Gasteiger partial charge in [-0.15, -0.1) is 0 Å². The van der Waals surface area contributed by atoms with Crippen LogP contribution in [-0.4, -0.2) is 12.2 Å². The number of rotatable bonds is 1. The Morgan fingerprint density at radius 3 is 2.08 bits per heavy atom. The van der Waals surface area contributed by atoms with E-state index in [2.05, 4.69) is 34.6 Å². The van der Waals surface area contributed by atoms with Crippen molar-refractivity contribution in [2.45, 2.75) is 53.1 Å². The molecule has 1 atom stereocenters. The van der Waals surface area contributed by atoms with E-state index in [1.807, 2.05) is 0 Å². The van der Waals surface area contributed by atoms with Gasteiger partial charge in [-0.25, -0.2) is 0 Å². The third-order valence-corrected chi connectivity index (χ3v) is 3.39. The summed E-state index contributed by atoms with van der Waals surface area (Å²) >= 11 is 0. The minimum atomic E-state index is 0.0945. The van der Waals surface area contributed by atoms with Gasteiger partial charge in [0.1, 0.15) is 0 Å². The van der Waals surface area contributed by atoms with Gasteiger partial charge in [-0.2, -0.15) is 0 Å². The zero-order valence-electron chi connectivity index (χ0n) is 9.11. The molecule has 0 N–H and O–H groups in total. The maximum absolute atomic E-state index is 5.71. The molecule has 1 saturated heterocycles. The predicted octanol–water partition coefficient (Wildman–Crippen LogP) is 3.24. The summed E-state index contributed by atoms with van der Waals surface area (Å²) in [6.45, 7) is 12.4. The average Bonchev–Trinajstić information content (AvgIpc) is 1.83. The summed E-state index contributed by atoms with van der Waals surface area (Å²) in [5.74, 6) is 0.765. The second-order valence-corrected chi connectivity index (χ2v) is 5.34. The van der Waals surface area contributed by atoms with Gasteiger partial charge >= 0.3 is 0 Å². The highest BCUT2D eigenvalue weighted by Gasteiger charge is 2.39. The molecule has 1 aliphatic heterocycles. The van der Waals surface area contributed by atoms with Crippen molar-refractivity contribution in [1.82, 2.24) is 0 Å². The summed E-state index contributed by atoms with van der Waals surface area (Å²) in [6.07, 6.45) is 2.41. The van der Waals surface area contributed by atoms with Crippen molar-refractivity contribution in [3.05, 3.63) is 0 Å². The monoisotopic (exact) mass is 170 g/mol. The quantitative estimate of drug-likeness (QED) is 0.587. The number of hydrogen-bond donors (Lipinski definition) is 0. The second kappa shape index (κ2) is 3.02. The molecule has 1 aliphatic rings. The van der Waals surface area contributed by atoms with Crippen LogP contribution in [0.3, 0.4) is 0 Å².